The van der Waals surface area contributed by atoms with E-state index in [-0.39, 0.29) is 24.7 Å². The molecule has 2 amide bonds. The molecule has 0 fully saturated rings. The summed E-state index contributed by atoms with van der Waals surface area (Å²) in [5.41, 5.74) is 2.66. The van der Waals surface area contributed by atoms with Crippen molar-refractivity contribution in [2.45, 2.75) is 38.8 Å². The molecule has 0 bridgehead atoms. The number of anilines is 1. The van der Waals surface area contributed by atoms with Crippen LogP contribution in [0.2, 0.25) is 0 Å². The maximum Gasteiger partial charge on any atom is 0.315 e. The van der Waals surface area contributed by atoms with Crippen molar-refractivity contribution >= 4 is 11.7 Å². The molecule has 1 aliphatic rings. The molecule has 0 saturated heterocycles. The molecule has 1 aliphatic heterocycles. The molecule has 116 valence electrons. The van der Waals surface area contributed by atoms with Gasteiger partial charge in [0, 0.05) is 37.5 Å². The second-order valence-electron chi connectivity index (χ2n) is 5.69. The van der Waals surface area contributed by atoms with Crippen LogP contribution in [0.1, 0.15) is 25.8 Å². The van der Waals surface area contributed by atoms with Crippen molar-refractivity contribution in [3.8, 4) is 0 Å². The predicted molar refractivity (Wildman–Crippen MR) is 84.7 cm³/mol. The first-order valence-corrected chi connectivity index (χ1v) is 7.61. The molecule has 1 aromatic rings. The lowest BCUT2D eigenvalue weighted by Gasteiger charge is -2.27. The number of carbonyl (C=O) groups excluding carboxylic acids is 1. The highest BCUT2D eigenvalue weighted by molar-refractivity contribution is 5.74. The molecule has 5 heteroatoms. The number of para-hydroxylation sites is 1. The number of hydrogen-bond donors (Lipinski definition) is 3. The second-order valence-corrected chi connectivity index (χ2v) is 5.69. The highest BCUT2D eigenvalue weighted by atomic mass is 16.3. The van der Waals surface area contributed by atoms with Crippen molar-refractivity contribution in [1.82, 2.24) is 10.6 Å². The van der Waals surface area contributed by atoms with Gasteiger partial charge in [-0.3, -0.25) is 0 Å². The van der Waals surface area contributed by atoms with Crippen molar-refractivity contribution in [1.29, 1.82) is 0 Å². The van der Waals surface area contributed by atoms with Crippen molar-refractivity contribution < 1.29 is 9.90 Å². The van der Waals surface area contributed by atoms with Crippen molar-refractivity contribution in [2.75, 3.05) is 24.6 Å². The Balaban J connectivity index is 1.80. The van der Waals surface area contributed by atoms with Crippen molar-refractivity contribution in [3.63, 3.8) is 0 Å². The number of carbonyl (C=O) groups is 1. The first-order valence-electron chi connectivity index (χ1n) is 7.61. The molecule has 0 aliphatic carbocycles. The zero-order valence-corrected chi connectivity index (χ0v) is 12.8. The van der Waals surface area contributed by atoms with Crippen LogP contribution < -0.4 is 15.5 Å². The smallest absolute Gasteiger partial charge is 0.315 e. The van der Waals surface area contributed by atoms with Crippen LogP contribution in [-0.2, 0) is 6.42 Å². The first kappa shape index (κ1) is 15.6. The molecule has 0 radical (unpaired) electrons. The number of nitrogens with zero attached hydrogens (tertiary/aromatic N) is 1. The van der Waals surface area contributed by atoms with Crippen LogP contribution in [0.5, 0.6) is 0 Å². The van der Waals surface area contributed by atoms with E-state index in [0.29, 0.717) is 13.0 Å². The molecule has 3 N–H and O–H groups in total. The lowest BCUT2D eigenvalue weighted by Crippen LogP contribution is -2.47. The van der Waals surface area contributed by atoms with Crippen molar-refractivity contribution in [3.05, 3.63) is 29.8 Å². The Morgan fingerprint density at radius 2 is 2.14 bits per heavy atom. The number of aliphatic hydroxyl groups excluding tert-OH is 1. The van der Waals surface area contributed by atoms with Gasteiger partial charge in [0.25, 0.3) is 0 Å². The fourth-order valence-corrected chi connectivity index (χ4v) is 2.71. The summed E-state index contributed by atoms with van der Waals surface area (Å²) in [6.07, 6.45) is 1.64. The molecule has 1 unspecified atom stereocenters. The third-order valence-electron chi connectivity index (χ3n) is 3.95. The van der Waals surface area contributed by atoms with Crippen LogP contribution in [-0.4, -0.2) is 42.9 Å². The zero-order valence-electron chi connectivity index (χ0n) is 12.8. The summed E-state index contributed by atoms with van der Waals surface area (Å²) < 4.78 is 0. The lowest BCUT2D eigenvalue weighted by atomic mass is 10.2. The van der Waals surface area contributed by atoms with Crippen LogP contribution >= 0.6 is 0 Å². The topological polar surface area (TPSA) is 64.6 Å². The lowest BCUT2D eigenvalue weighted by molar-refractivity contribution is 0.230. The Morgan fingerprint density at radius 1 is 1.38 bits per heavy atom. The summed E-state index contributed by atoms with van der Waals surface area (Å²) in [5.74, 6) is 0. The molecule has 2 atom stereocenters. The van der Waals surface area contributed by atoms with Gasteiger partial charge in [-0.1, -0.05) is 18.2 Å². The first-order chi connectivity index (χ1) is 10.1. The SMILES string of the molecule is CC(CNC(=O)N[C@H](C)CCO)N1CCc2ccccc21. The van der Waals surface area contributed by atoms with E-state index in [1.54, 1.807) is 0 Å². The van der Waals surface area contributed by atoms with Gasteiger partial charge in [-0.2, -0.15) is 0 Å². The van der Waals surface area contributed by atoms with Crippen LogP contribution in [0.15, 0.2) is 24.3 Å². The Bertz CT molecular complexity index is 478. The van der Waals surface area contributed by atoms with Gasteiger partial charge in [-0.25, -0.2) is 4.79 Å². The highest BCUT2D eigenvalue weighted by Gasteiger charge is 2.23. The van der Waals surface area contributed by atoms with Gasteiger partial charge in [0.15, 0.2) is 0 Å². The molecule has 0 aromatic heterocycles. The van der Waals surface area contributed by atoms with E-state index in [0.717, 1.165) is 13.0 Å². The molecule has 1 heterocycles. The fourth-order valence-electron chi connectivity index (χ4n) is 2.71. The van der Waals surface area contributed by atoms with Gasteiger partial charge in [0.2, 0.25) is 0 Å². The summed E-state index contributed by atoms with van der Waals surface area (Å²) in [7, 11) is 0. The molecule has 0 saturated carbocycles. The minimum Gasteiger partial charge on any atom is -0.396 e. The van der Waals surface area contributed by atoms with Crippen molar-refractivity contribution in [2.24, 2.45) is 0 Å². The number of rotatable bonds is 6. The molecule has 0 spiro atoms. The largest absolute Gasteiger partial charge is 0.396 e. The van der Waals surface area contributed by atoms with Gasteiger partial charge in [-0.05, 0) is 38.3 Å². The Morgan fingerprint density at radius 3 is 2.90 bits per heavy atom. The number of fused-ring (bicyclic) bond motifs is 1. The van der Waals surface area contributed by atoms with E-state index in [2.05, 4.69) is 46.7 Å². The maximum atomic E-state index is 11.8. The van der Waals surface area contributed by atoms with Crippen LogP contribution in [0.4, 0.5) is 10.5 Å². The van der Waals surface area contributed by atoms with Gasteiger partial charge in [0.05, 0.1) is 0 Å². The monoisotopic (exact) mass is 291 g/mol. The third kappa shape index (κ3) is 4.11. The molecular formula is C16H25N3O2. The number of amides is 2. The number of urea groups is 1. The quantitative estimate of drug-likeness (QED) is 0.744. The summed E-state index contributed by atoms with van der Waals surface area (Å²) >= 11 is 0. The third-order valence-corrected chi connectivity index (χ3v) is 3.95. The summed E-state index contributed by atoms with van der Waals surface area (Å²) in [5, 5.41) is 14.5. The van der Waals surface area contributed by atoms with Crippen LogP contribution in [0.25, 0.3) is 0 Å². The average molecular weight is 291 g/mol. The number of aliphatic hydroxyl groups is 1. The van der Waals surface area contributed by atoms with E-state index < -0.39 is 0 Å². The van der Waals surface area contributed by atoms with E-state index in [4.69, 9.17) is 5.11 Å². The number of nitrogens with one attached hydrogen (secondary N) is 2. The predicted octanol–water partition coefficient (Wildman–Crippen LogP) is 1.51. The van der Waals surface area contributed by atoms with Gasteiger partial charge in [0.1, 0.15) is 0 Å². The molecule has 2 rings (SSSR count). The zero-order chi connectivity index (χ0) is 15.2. The van der Waals surface area contributed by atoms with Crippen LogP contribution in [0.3, 0.4) is 0 Å². The van der Waals surface area contributed by atoms with E-state index in [1.165, 1.54) is 11.3 Å². The van der Waals surface area contributed by atoms with E-state index in [9.17, 15) is 4.79 Å². The molecule has 21 heavy (non-hydrogen) atoms. The van der Waals surface area contributed by atoms with Gasteiger partial charge < -0.3 is 20.6 Å². The average Bonchev–Trinajstić information content (AvgIpc) is 2.89. The van der Waals surface area contributed by atoms with Gasteiger partial charge >= 0.3 is 6.03 Å². The Kier molecular flexibility index (Phi) is 5.44. The molecular weight excluding hydrogens is 266 g/mol. The maximum absolute atomic E-state index is 11.8. The Labute approximate surface area is 126 Å². The Hall–Kier alpha value is -1.75. The number of hydrogen-bond acceptors (Lipinski definition) is 3. The van der Waals surface area contributed by atoms with E-state index >= 15 is 0 Å². The fraction of sp³-hybridized carbons (Fsp3) is 0.562. The molecule has 1 aromatic carbocycles. The van der Waals surface area contributed by atoms with Crippen LogP contribution in [0, 0.1) is 0 Å². The normalized spacial score (nSPS) is 16.2. The standard InChI is InChI=1S/C16H25N3O2/c1-12(8-10-20)18-16(21)17-11-13(2)19-9-7-14-5-3-4-6-15(14)19/h3-6,12-13,20H,7-11H2,1-2H3,(H2,17,18,21)/t12-,13?/m1/s1. The highest BCUT2D eigenvalue weighted by Crippen LogP contribution is 2.28. The summed E-state index contributed by atoms with van der Waals surface area (Å²) in [4.78, 5) is 14.1. The van der Waals surface area contributed by atoms with Gasteiger partial charge in [-0.15, -0.1) is 0 Å². The number of benzene rings is 1. The minimum atomic E-state index is -0.171. The minimum absolute atomic E-state index is 0.0159. The molecule has 5 nitrogen and oxygen atoms in total. The van der Waals surface area contributed by atoms with E-state index in [1.807, 2.05) is 6.92 Å². The summed E-state index contributed by atoms with van der Waals surface area (Å²) in [6.45, 7) is 5.70. The summed E-state index contributed by atoms with van der Waals surface area (Å²) in [6, 6.07) is 8.50. The second kappa shape index (κ2) is 7.31.